The van der Waals surface area contributed by atoms with Gasteiger partial charge in [0.25, 0.3) is 0 Å². The van der Waals surface area contributed by atoms with Gasteiger partial charge in [0, 0.05) is 10.0 Å². The molecule has 0 radical (unpaired) electrons. The van der Waals surface area contributed by atoms with Crippen LogP contribution in [0, 0.1) is 11.8 Å². The third kappa shape index (κ3) is 2.75. The summed E-state index contributed by atoms with van der Waals surface area (Å²) in [7, 11) is 0. The molecule has 1 fully saturated rings. The van der Waals surface area contributed by atoms with E-state index < -0.39 is 5.97 Å². The van der Waals surface area contributed by atoms with Crippen LogP contribution in [0.5, 0.6) is 0 Å². The van der Waals surface area contributed by atoms with Crippen molar-refractivity contribution >= 4 is 29.2 Å². The molecule has 92 valence electrons. The van der Waals surface area contributed by atoms with Gasteiger partial charge in [0.1, 0.15) is 0 Å². The summed E-state index contributed by atoms with van der Waals surface area (Å²) in [5, 5.41) is 10.4. The standard InChI is InChI=1S/C13H14Cl2O2/c14-11-5-2-6-12(15)10(11)7-8-3-1-4-9(8)13(16)17/h2,5-6,8-9H,1,3-4,7H2,(H,16,17). The van der Waals surface area contributed by atoms with Gasteiger partial charge in [0.2, 0.25) is 0 Å². The molecule has 0 bridgehead atoms. The molecule has 4 heteroatoms. The normalized spacial score (nSPS) is 23.9. The maximum absolute atomic E-state index is 11.1. The highest BCUT2D eigenvalue weighted by Crippen LogP contribution is 2.37. The quantitative estimate of drug-likeness (QED) is 0.902. The van der Waals surface area contributed by atoms with Gasteiger partial charge in [-0.2, -0.15) is 0 Å². The van der Waals surface area contributed by atoms with Gasteiger partial charge in [0.05, 0.1) is 5.92 Å². The molecule has 0 amide bonds. The lowest BCUT2D eigenvalue weighted by Gasteiger charge is -2.17. The summed E-state index contributed by atoms with van der Waals surface area (Å²) >= 11 is 12.2. The highest BCUT2D eigenvalue weighted by molar-refractivity contribution is 6.35. The van der Waals surface area contributed by atoms with Gasteiger partial charge in [-0.25, -0.2) is 0 Å². The average Bonchev–Trinajstić information content (AvgIpc) is 2.72. The van der Waals surface area contributed by atoms with Crippen molar-refractivity contribution < 1.29 is 9.90 Å². The van der Waals surface area contributed by atoms with Crippen LogP contribution < -0.4 is 0 Å². The topological polar surface area (TPSA) is 37.3 Å². The minimum absolute atomic E-state index is 0.157. The van der Waals surface area contributed by atoms with Gasteiger partial charge in [-0.15, -0.1) is 0 Å². The number of carboxylic acid groups (broad SMARTS) is 1. The van der Waals surface area contributed by atoms with Crippen LogP contribution >= 0.6 is 23.2 Å². The largest absolute Gasteiger partial charge is 0.481 e. The molecule has 1 aromatic rings. The van der Waals surface area contributed by atoms with Gasteiger partial charge >= 0.3 is 5.97 Å². The van der Waals surface area contributed by atoms with Crippen molar-refractivity contribution in [1.29, 1.82) is 0 Å². The van der Waals surface area contributed by atoms with Gasteiger partial charge in [-0.05, 0) is 42.9 Å². The number of rotatable bonds is 3. The van der Waals surface area contributed by atoms with Crippen LogP contribution in [0.4, 0.5) is 0 Å². The lowest BCUT2D eigenvalue weighted by atomic mass is 9.89. The number of halogens is 2. The number of aliphatic carboxylic acids is 1. The molecule has 0 saturated heterocycles. The highest BCUT2D eigenvalue weighted by atomic mass is 35.5. The van der Waals surface area contributed by atoms with E-state index in [1.54, 1.807) is 18.2 Å². The first kappa shape index (κ1) is 12.7. The molecule has 2 nitrogen and oxygen atoms in total. The Labute approximate surface area is 111 Å². The fourth-order valence-corrected chi connectivity index (χ4v) is 3.15. The number of benzene rings is 1. The molecule has 2 atom stereocenters. The van der Waals surface area contributed by atoms with E-state index in [1.807, 2.05) is 0 Å². The SMILES string of the molecule is O=C(O)C1CCCC1Cc1c(Cl)cccc1Cl. The van der Waals surface area contributed by atoms with E-state index in [2.05, 4.69) is 0 Å². The second-order valence-electron chi connectivity index (χ2n) is 4.54. The van der Waals surface area contributed by atoms with Crippen LogP contribution in [0.1, 0.15) is 24.8 Å². The van der Waals surface area contributed by atoms with Crippen molar-refractivity contribution in [2.75, 3.05) is 0 Å². The van der Waals surface area contributed by atoms with Crippen LogP contribution in [-0.2, 0) is 11.2 Å². The van der Waals surface area contributed by atoms with Crippen LogP contribution in [0.3, 0.4) is 0 Å². The Morgan fingerprint density at radius 1 is 1.29 bits per heavy atom. The molecule has 0 spiro atoms. The van der Waals surface area contributed by atoms with Gasteiger partial charge in [0.15, 0.2) is 0 Å². The first-order valence-electron chi connectivity index (χ1n) is 5.75. The molecule has 17 heavy (non-hydrogen) atoms. The maximum atomic E-state index is 11.1. The second-order valence-corrected chi connectivity index (χ2v) is 5.35. The number of carbonyl (C=O) groups is 1. The van der Waals surface area contributed by atoms with Crippen LogP contribution in [0.25, 0.3) is 0 Å². The number of hydrogen-bond donors (Lipinski definition) is 1. The van der Waals surface area contributed by atoms with Crippen LogP contribution in [0.15, 0.2) is 18.2 Å². The maximum Gasteiger partial charge on any atom is 0.306 e. The van der Waals surface area contributed by atoms with Gasteiger partial charge in [-0.3, -0.25) is 4.79 Å². The molecular formula is C13H14Cl2O2. The molecule has 0 aliphatic heterocycles. The van der Waals surface area contributed by atoms with Crippen molar-refractivity contribution in [3.63, 3.8) is 0 Å². The molecular weight excluding hydrogens is 259 g/mol. The van der Waals surface area contributed by atoms with E-state index >= 15 is 0 Å². The minimum atomic E-state index is -0.698. The smallest absolute Gasteiger partial charge is 0.306 e. The first-order chi connectivity index (χ1) is 8.09. The summed E-state index contributed by atoms with van der Waals surface area (Å²) in [6.07, 6.45) is 3.35. The Hall–Kier alpha value is -0.730. The van der Waals surface area contributed by atoms with E-state index in [1.165, 1.54) is 0 Å². The fourth-order valence-electron chi connectivity index (χ4n) is 2.60. The summed E-state index contributed by atoms with van der Waals surface area (Å²) in [4.78, 5) is 11.1. The summed E-state index contributed by atoms with van der Waals surface area (Å²) in [5.41, 5.74) is 0.883. The van der Waals surface area contributed by atoms with E-state index in [0.717, 1.165) is 24.8 Å². The Morgan fingerprint density at radius 3 is 2.53 bits per heavy atom. The van der Waals surface area contributed by atoms with Gasteiger partial charge in [-0.1, -0.05) is 35.7 Å². The zero-order valence-electron chi connectivity index (χ0n) is 9.33. The van der Waals surface area contributed by atoms with Crippen molar-refractivity contribution in [2.24, 2.45) is 11.8 Å². The minimum Gasteiger partial charge on any atom is -0.481 e. The van der Waals surface area contributed by atoms with Crippen molar-refractivity contribution in [1.82, 2.24) is 0 Å². The van der Waals surface area contributed by atoms with Gasteiger partial charge < -0.3 is 5.11 Å². The zero-order valence-corrected chi connectivity index (χ0v) is 10.8. The molecule has 1 aromatic carbocycles. The molecule has 1 N–H and O–H groups in total. The van der Waals surface area contributed by atoms with Crippen molar-refractivity contribution in [3.05, 3.63) is 33.8 Å². The Bertz CT molecular complexity index is 411. The van der Waals surface area contributed by atoms with E-state index in [-0.39, 0.29) is 11.8 Å². The lowest BCUT2D eigenvalue weighted by Crippen LogP contribution is -2.20. The summed E-state index contributed by atoms with van der Waals surface area (Å²) in [5.74, 6) is -0.789. The first-order valence-corrected chi connectivity index (χ1v) is 6.51. The molecule has 1 saturated carbocycles. The van der Waals surface area contributed by atoms with Crippen LogP contribution in [-0.4, -0.2) is 11.1 Å². The monoisotopic (exact) mass is 272 g/mol. The fraction of sp³-hybridized carbons (Fsp3) is 0.462. The molecule has 2 rings (SSSR count). The van der Waals surface area contributed by atoms with E-state index in [9.17, 15) is 4.79 Å². The third-order valence-corrected chi connectivity index (χ3v) is 4.21. The Morgan fingerprint density at radius 2 is 1.94 bits per heavy atom. The highest BCUT2D eigenvalue weighted by Gasteiger charge is 2.33. The Kier molecular flexibility index (Phi) is 3.95. The lowest BCUT2D eigenvalue weighted by molar-refractivity contribution is -0.142. The molecule has 2 unspecified atom stereocenters. The molecule has 1 aliphatic rings. The van der Waals surface area contributed by atoms with E-state index in [4.69, 9.17) is 28.3 Å². The molecule has 0 heterocycles. The molecule has 0 aromatic heterocycles. The average molecular weight is 273 g/mol. The predicted octanol–water partition coefficient (Wildman–Crippen LogP) is 4.04. The molecule has 1 aliphatic carbocycles. The van der Waals surface area contributed by atoms with Crippen molar-refractivity contribution in [2.45, 2.75) is 25.7 Å². The third-order valence-electron chi connectivity index (χ3n) is 3.50. The van der Waals surface area contributed by atoms with E-state index in [0.29, 0.717) is 16.5 Å². The summed E-state index contributed by atoms with van der Waals surface area (Å²) < 4.78 is 0. The predicted molar refractivity (Wildman–Crippen MR) is 68.6 cm³/mol. The Balaban J connectivity index is 2.18. The van der Waals surface area contributed by atoms with Crippen LogP contribution in [0.2, 0.25) is 10.0 Å². The second kappa shape index (κ2) is 5.28. The zero-order chi connectivity index (χ0) is 12.4. The summed E-state index contributed by atoms with van der Waals surface area (Å²) in [6.45, 7) is 0. The van der Waals surface area contributed by atoms with Crippen molar-refractivity contribution in [3.8, 4) is 0 Å². The summed E-state index contributed by atoms with van der Waals surface area (Å²) in [6, 6.07) is 5.40. The number of carboxylic acids is 1. The number of hydrogen-bond acceptors (Lipinski definition) is 1.